The van der Waals surface area contributed by atoms with Crippen molar-refractivity contribution in [3.05, 3.63) is 18.7 Å². The second-order valence-corrected chi connectivity index (χ2v) is 5.20. The molecule has 0 radical (unpaired) electrons. The maximum atomic E-state index is 5.77. The lowest BCUT2D eigenvalue weighted by Gasteiger charge is -2.24. The summed E-state index contributed by atoms with van der Waals surface area (Å²) in [6, 6.07) is 0.788. The number of aromatic nitrogens is 2. The quantitative estimate of drug-likeness (QED) is 0.699. The molecule has 1 saturated heterocycles. The highest BCUT2D eigenvalue weighted by atomic mass is 35.5. The number of likely N-dealkylation sites (tertiary alicyclic amines) is 1. The van der Waals surface area contributed by atoms with Crippen molar-refractivity contribution in [1.29, 1.82) is 0 Å². The number of hydrogen-bond acceptors (Lipinski definition) is 2. The van der Waals surface area contributed by atoms with E-state index < -0.39 is 0 Å². The van der Waals surface area contributed by atoms with Crippen molar-refractivity contribution in [3.8, 4) is 0 Å². The topological polar surface area (TPSA) is 21.1 Å². The molecule has 0 saturated carbocycles. The highest BCUT2D eigenvalue weighted by Gasteiger charge is 2.22. The Morgan fingerprint density at radius 2 is 2.24 bits per heavy atom. The van der Waals surface area contributed by atoms with Gasteiger partial charge in [-0.1, -0.05) is 0 Å². The molecular formula is C13H22ClN3. The number of aryl methyl sites for hydroxylation is 1. The Labute approximate surface area is 109 Å². The van der Waals surface area contributed by atoms with Gasteiger partial charge in [-0.3, -0.25) is 0 Å². The van der Waals surface area contributed by atoms with E-state index in [0.29, 0.717) is 0 Å². The third kappa shape index (κ3) is 4.00. The fourth-order valence-electron chi connectivity index (χ4n) is 2.70. The van der Waals surface area contributed by atoms with Crippen LogP contribution in [0.15, 0.2) is 18.7 Å². The molecule has 1 fully saturated rings. The number of nitrogens with zero attached hydrogens (tertiary/aromatic N) is 3. The van der Waals surface area contributed by atoms with Crippen molar-refractivity contribution in [2.45, 2.75) is 44.7 Å². The summed E-state index contributed by atoms with van der Waals surface area (Å²) in [5.74, 6) is 0.805. The monoisotopic (exact) mass is 255 g/mol. The van der Waals surface area contributed by atoms with Crippen molar-refractivity contribution in [2.24, 2.45) is 0 Å². The summed E-state index contributed by atoms with van der Waals surface area (Å²) in [6.07, 6.45) is 12.1. The summed E-state index contributed by atoms with van der Waals surface area (Å²) in [5.41, 5.74) is 0. The predicted octanol–water partition coefficient (Wildman–Crippen LogP) is 2.76. The van der Waals surface area contributed by atoms with Crippen LogP contribution in [0.4, 0.5) is 0 Å². The minimum Gasteiger partial charge on any atom is -0.337 e. The summed E-state index contributed by atoms with van der Waals surface area (Å²) in [4.78, 5) is 6.71. The molecule has 2 rings (SSSR count). The smallest absolute Gasteiger partial charge is 0.0945 e. The van der Waals surface area contributed by atoms with Crippen LogP contribution < -0.4 is 0 Å². The van der Waals surface area contributed by atoms with Crippen LogP contribution in [0.1, 0.15) is 32.1 Å². The standard InChI is InChI=1S/C13H22ClN3/c14-6-1-4-13-5-2-9-17(13)10-3-8-16-11-7-15-12-16/h7,11-13H,1-6,8-10H2. The zero-order chi connectivity index (χ0) is 11.9. The van der Waals surface area contributed by atoms with Gasteiger partial charge in [-0.15, -0.1) is 11.6 Å². The molecule has 0 aromatic carbocycles. The highest BCUT2D eigenvalue weighted by Crippen LogP contribution is 2.21. The molecule has 1 aromatic rings. The molecule has 2 heterocycles. The number of imidazole rings is 1. The Kier molecular flexibility index (Phi) is 5.33. The number of alkyl halides is 1. The van der Waals surface area contributed by atoms with E-state index in [4.69, 9.17) is 11.6 Å². The minimum absolute atomic E-state index is 0.788. The number of hydrogen-bond donors (Lipinski definition) is 0. The van der Waals surface area contributed by atoms with E-state index in [0.717, 1.165) is 24.9 Å². The number of rotatable bonds is 7. The Morgan fingerprint density at radius 3 is 3.00 bits per heavy atom. The maximum Gasteiger partial charge on any atom is 0.0945 e. The molecule has 0 N–H and O–H groups in total. The molecule has 1 aliphatic rings. The van der Waals surface area contributed by atoms with Crippen molar-refractivity contribution in [2.75, 3.05) is 19.0 Å². The summed E-state index contributed by atoms with van der Waals surface area (Å²) in [7, 11) is 0. The average molecular weight is 256 g/mol. The van der Waals surface area contributed by atoms with E-state index in [1.807, 2.05) is 18.7 Å². The first-order valence-electron chi connectivity index (χ1n) is 6.66. The molecule has 1 atom stereocenters. The fourth-order valence-corrected chi connectivity index (χ4v) is 2.86. The summed E-state index contributed by atoms with van der Waals surface area (Å²) < 4.78 is 2.16. The lowest BCUT2D eigenvalue weighted by atomic mass is 10.1. The molecule has 0 spiro atoms. The maximum absolute atomic E-state index is 5.77. The first-order valence-corrected chi connectivity index (χ1v) is 7.19. The summed E-state index contributed by atoms with van der Waals surface area (Å²) in [5, 5.41) is 0. The van der Waals surface area contributed by atoms with Gasteiger partial charge in [0.25, 0.3) is 0 Å². The van der Waals surface area contributed by atoms with Crippen molar-refractivity contribution in [1.82, 2.24) is 14.5 Å². The van der Waals surface area contributed by atoms with Gasteiger partial charge in [-0.25, -0.2) is 4.98 Å². The average Bonchev–Trinajstić information content (AvgIpc) is 2.98. The first-order chi connectivity index (χ1) is 8.40. The van der Waals surface area contributed by atoms with E-state index in [-0.39, 0.29) is 0 Å². The molecular weight excluding hydrogens is 234 g/mol. The molecule has 1 unspecified atom stereocenters. The SMILES string of the molecule is ClCCCC1CCCN1CCCn1ccnc1. The largest absolute Gasteiger partial charge is 0.337 e. The third-order valence-corrected chi connectivity index (χ3v) is 3.86. The molecule has 1 aliphatic heterocycles. The molecule has 0 aliphatic carbocycles. The molecule has 17 heavy (non-hydrogen) atoms. The third-order valence-electron chi connectivity index (χ3n) is 3.59. The van der Waals surface area contributed by atoms with Crippen LogP contribution in [0.25, 0.3) is 0 Å². The van der Waals surface area contributed by atoms with Crippen LogP contribution in [0.2, 0.25) is 0 Å². The summed E-state index contributed by atoms with van der Waals surface area (Å²) >= 11 is 5.77. The number of halogens is 1. The van der Waals surface area contributed by atoms with Crippen LogP contribution in [-0.4, -0.2) is 39.5 Å². The van der Waals surface area contributed by atoms with Crippen molar-refractivity contribution >= 4 is 11.6 Å². The van der Waals surface area contributed by atoms with Gasteiger partial charge >= 0.3 is 0 Å². The lowest BCUT2D eigenvalue weighted by molar-refractivity contribution is 0.235. The normalized spacial score (nSPS) is 21.1. The Morgan fingerprint density at radius 1 is 1.29 bits per heavy atom. The van der Waals surface area contributed by atoms with Crippen LogP contribution in [-0.2, 0) is 6.54 Å². The molecule has 0 amide bonds. The van der Waals surface area contributed by atoms with Crippen LogP contribution >= 0.6 is 11.6 Å². The van der Waals surface area contributed by atoms with Gasteiger partial charge in [0.2, 0.25) is 0 Å². The Balaban J connectivity index is 1.67. The fraction of sp³-hybridized carbons (Fsp3) is 0.769. The summed E-state index contributed by atoms with van der Waals surface area (Å²) in [6.45, 7) is 3.57. The zero-order valence-corrected chi connectivity index (χ0v) is 11.1. The minimum atomic E-state index is 0.788. The van der Waals surface area contributed by atoms with E-state index in [2.05, 4.69) is 14.5 Å². The Bertz CT molecular complexity index is 300. The van der Waals surface area contributed by atoms with Gasteiger partial charge in [0.1, 0.15) is 0 Å². The van der Waals surface area contributed by atoms with E-state index in [1.54, 1.807) is 0 Å². The Hall–Kier alpha value is -0.540. The van der Waals surface area contributed by atoms with Crippen LogP contribution in [0.3, 0.4) is 0 Å². The van der Waals surface area contributed by atoms with E-state index in [1.165, 1.54) is 38.8 Å². The van der Waals surface area contributed by atoms with Crippen LogP contribution in [0.5, 0.6) is 0 Å². The van der Waals surface area contributed by atoms with Crippen LogP contribution in [0, 0.1) is 0 Å². The first kappa shape index (κ1) is 12.9. The van der Waals surface area contributed by atoms with Gasteiger partial charge in [0.15, 0.2) is 0 Å². The van der Waals surface area contributed by atoms with Crippen molar-refractivity contribution < 1.29 is 0 Å². The predicted molar refractivity (Wildman–Crippen MR) is 71.4 cm³/mol. The molecule has 96 valence electrons. The van der Waals surface area contributed by atoms with Gasteiger partial charge in [-0.05, 0) is 38.6 Å². The lowest BCUT2D eigenvalue weighted by Crippen LogP contribution is -2.30. The van der Waals surface area contributed by atoms with E-state index in [9.17, 15) is 0 Å². The highest BCUT2D eigenvalue weighted by molar-refractivity contribution is 6.17. The van der Waals surface area contributed by atoms with Gasteiger partial charge in [0, 0.05) is 37.4 Å². The van der Waals surface area contributed by atoms with E-state index >= 15 is 0 Å². The zero-order valence-electron chi connectivity index (χ0n) is 10.4. The van der Waals surface area contributed by atoms with Crippen molar-refractivity contribution in [3.63, 3.8) is 0 Å². The second kappa shape index (κ2) is 7.02. The van der Waals surface area contributed by atoms with Gasteiger partial charge in [-0.2, -0.15) is 0 Å². The van der Waals surface area contributed by atoms with Gasteiger partial charge in [0.05, 0.1) is 6.33 Å². The molecule has 3 nitrogen and oxygen atoms in total. The molecule has 1 aromatic heterocycles. The van der Waals surface area contributed by atoms with Gasteiger partial charge < -0.3 is 9.47 Å². The second-order valence-electron chi connectivity index (χ2n) is 4.82. The molecule has 0 bridgehead atoms. The molecule has 4 heteroatoms.